The summed E-state index contributed by atoms with van der Waals surface area (Å²) in [4.78, 5) is 12.6. The van der Waals surface area contributed by atoms with Gasteiger partial charge in [-0.05, 0) is 0 Å². The Kier molecular flexibility index (Phi) is 3.36. The Morgan fingerprint density at radius 1 is 1.59 bits per heavy atom. The van der Waals surface area contributed by atoms with Crippen LogP contribution in [0.3, 0.4) is 0 Å². The van der Waals surface area contributed by atoms with Crippen molar-refractivity contribution in [1.82, 2.24) is 4.98 Å². The number of rotatable bonds is 3. The van der Waals surface area contributed by atoms with E-state index in [-0.39, 0.29) is 5.69 Å². The van der Waals surface area contributed by atoms with Crippen LogP contribution in [0.25, 0.3) is 0 Å². The molecular weight excluding hydrogens is 247 g/mol. The van der Waals surface area contributed by atoms with E-state index in [0.29, 0.717) is 6.20 Å². The summed E-state index contributed by atoms with van der Waals surface area (Å²) in [7, 11) is 0. The molecule has 0 aliphatic carbocycles. The SMILES string of the molecule is NCc1ncc([N+](=O)[O-])c(OC(F)(F)F)c1O. The number of aromatic hydroxyl groups is 1. The highest BCUT2D eigenvalue weighted by Gasteiger charge is 2.37. The summed E-state index contributed by atoms with van der Waals surface area (Å²) in [6.45, 7) is -0.391. The molecule has 3 N–H and O–H groups in total. The first-order chi connectivity index (χ1) is 7.76. The number of alkyl halides is 3. The third kappa shape index (κ3) is 2.93. The summed E-state index contributed by atoms with van der Waals surface area (Å²) in [5, 5.41) is 19.7. The molecule has 0 saturated heterocycles. The van der Waals surface area contributed by atoms with Gasteiger partial charge < -0.3 is 15.6 Å². The van der Waals surface area contributed by atoms with E-state index in [4.69, 9.17) is 5.73 Å². The van der Waals surface area contributed by atoms with Gasteiger partial charge in [0.25, 0.3) is 5.75 Å². The van der Waals surface area contributed by atoms with Crippen LogP contribution >= 0.6 is 0 Å². The first-order valence-electron chi connectivity index (χ1n) is 4.07. The van der Waals surface area contributed by atoms with Gasteiger partial charge in [-0.15, -0.1) is 13.2 Å². The maximum atomic E-state index is 12.0. The average Bonchev–Trinajstić information content (AvgIpc) is 2.18. The maximum Gasteiger partial charge on any atom is 0.573 e. The van der Waals surface area contributed by atoms with E-state index in [1.54, 1.807) is 0 Å². The van der Waals surface area contributed by atoms with Crippen molar-refractivity contribution in [2.24, 2.45) is 5.73 Å². The number of aromatic nitrogens is 1. The quantitative estimate of drug-likeness (QED) is 0.615. The number of pyridine rings is 1. The van der Waals surface area contributed by atoms with Crippen LogP contribution in [0.4, 0.5) is 18.9 Å². The molecule has 0 fully saturated rings. The molecule has 1 aromatic rings. The van der Waals surface area contributed by atoms with Crippen LogP contribution in [0, 0.1) is 10.1 Å². The Hall–Kier alpha value is -2.10. The molecule has 1 aromatic heterocycles. The van der Waals surface area contributed by atoms with Crippen LogP contribution in [0.1, 0.15) is 5.69 Å². The topological polar surface area (TPSA) is 112 Å². The van der Waals surface area contributed by atoms with Gasteiger partial charge in [-0.25, -0.2) is 4.98 Å². The molecule has 1 rings (SSSR count). The Morgan fingerprint density at radius 3 is 2.59 bits per heavy atom. The fourth-order valence-corrected chi connectivity index (χ4v) is 1.01. The average molecular weight is 253 g/mol. The lowest BCUT2D eigenvalue weighted by molar-refractivity contribution is -0.389. The van der Waals surface area contributed by atoms with E-state index >= 15 is 0 Å². The molecule has 0 unspecified atom stereocenters. The second-order valence-electron chi connectivity index (χ2n) is 2.78. The van der Waals surface area contributed by atoms with Crippen molar-refractivity contribution in [2.75, 3.05) is 0 Å². The highest BCUT2D eigenvalue weighted by atomic mass is 19.4. The molecule has 0 amide bonds. The maximum absolute atomic E-state index is 12.0. The Morgan fingerprint density at radius 2 is 2.18 bits per heavy atom. The minimum absolute atomic E-state index is 0.338. The van der Waals surface area contributed by atoms with Gasteiger partial charge in [0.1, 0.15) is 11.9 Å². The lowest BCUT2D eigenvalue weighted by atomic mass is 10.2. The first kappa shape index (κ1) is 13.0. The fraction of sp³-hybridized carbons (Fsp3) is 0.286. The van der Waals surface area contributed by atoms with Gasteiger partial charge in [0.05, 0.1) is 4.92 Å². The molecule has 0 aliphatic rings. The molecule has 0 aliphatic heterocycles. The van der Waals surface area contributed by atoms with Crippen molar-refractivity contribution in [3.8, 4) is 11.5 Å². The molecule has 0 spiro atoms. The Bertz CT molecular complexity index is 449. The van der Waals surface area contributed by atoms with Crippen molar-refractivity contribution in [1.29, 1.82) is 0 Å². The van der Waals surface area contributed by atoms with Crippen molar-refractivity contribution in [3.63, 3.8) is 0 Å². The summed E-state index contributed by atoms with van der Waals surface area (Å²) >= 11 is 0. The second kappa shape index (κ2) is 4.41. The van der Waals surface area contributed by atoms with Gasteiger partial charge in [0.2, 0.25) is 0 Å². The van der Waals surface area contributed by atoms with Crippen LogP contribution < -0.4 is 10.5 Å². The lowest BCUT2D eigenvalue weighted by Crippen LogP contribution is -2.18. The number of halogens is 3. The van der Waals surface area contributed by atoms with E-state index in [0.717, 1.165) is 0 Å². The summed E-state index contributed by atoms with van der Waals surface area (Å²) in [5.41, 5.74) is 3.64. The van der Waals surface area contributed by atoms with Crippen molar-refractivity contribution in [2.45, 2.75) is 12.9 Å². The molecule has 0 bridgehead atoms. The van der Waals surface area contributed by atoms with E-state index in [9.17, 15) is 28.4 Å². The summed E-state index contributed by atoms with van der Waals surface area (Å²) < 4.78 is 39.4. The monoisotopic (exact) mass is 253 g/mol. The van der Waals surface area contributed by atoms with E-state index in [2.05, 4.69) is 9.72 Å². The molecule has 17 heavy (non-hydrogen) atoms. The Labute approximate surface area is 91.8 Å². The third-order valence-electron chi connectivity index (χ3n) is 1.67. The van der Waals surface area contributed by atoms with Gasteiger partial charge in [-0.1, -0.05) is 0 Å². The summed E-state index contributed by atoms with van der Waals surface area (Å²) in [6, 6.07) is 0. The zero-order chi connectivity index (χ0) is 13.2. The fourth-order valence-electron chi connectivity index (χ4n) is 1.01. The predicted molar refractivity (Wildman–Crippen MR) is 47.1 cm³/mol. The molecule has 94 valence electrons. The van der Waals surface area contributed by atoms with Gasteiger partial charge >= 0.3 is 12.0 Å². The molecular formula is C7H6F3N3O4. The van der Waals surface area contributed by atoms with E-state index < -0.39 is 35.0 Å². The summed E-state index contributed by atoms with van der Waals surface area (Å²) in [5.74, 6) is -2.42. The number of hydrogen-bond donors (Lipinski definition) is 2. The van der Waals surface area contributed by atoms with Gasteiger partial charge in [-0.2, -0.15) is 0 Å². The largest absolute Gasteiger partial charge is 0.573 e. The number of ether oxygens (including phenoxy) is 1. The van der Waals surface area contributed by atoms with Crippen molar-refractivity contribution in [3.05, 3.63) is 22.0 Å². The van der Waals surface area contributed by atoms with Crippen LogP contribution in [0.15, 0.2) is 6.20 Å². The standard InChI is InChI=1S/C7H6F3N3O4/c8-7(9,10)17-6-4(13(15)16)2-12-3(1-11)5(6)14/h2,14H,1,11H2. The predicted octanol–water partition coefficient (Wildman–Crippen LogP) is 1.05. The highest BCUT2D eigenvalue weighted by Crippen LogP contribution is 2.40. The molecule has 0 radical (unpaired) electrons. The van der Waals surface area contributed by atoms with Crippen LogP contribution in [0.2, 0.25) is 0 Å². The molecule has 10 heteroatoms. The zero-order valence-electron chi connectivity index (χ0n) is 8.06. The summed E-state index contributed by atoms with van der Waals surface area (Å²) in [6.07, 6.45) is -4.64. The lowest BCUT2D eigenvalue weighted by Gasteiger charge is -2.11. The normalized spacial score (nSPS) is 11.3. The third-order valence-corrected chi connectivity index (χ3v) is 1.67. The number of nitrogens with two attached hydrogens (primary N) is 1. The number of nitrogens with zero attached hydrogens (tertiary/aromatic N) is 2. The molecule has 0 aromatic carbocycles. The van der Waals surface area contributed by atoms with E-state index in [1.165, 1.54) is 0 Å². The minimum atomic E-state index is -5.17. The van der Waals surface area contributed by atoms with Crippen molar-refractivity contribution >= 4 is 5.69 Å². The molecule has 0 saturated carbocycles. The van der Waals surface area contributed by atoms with Crippen LogP contribution in [-0.4, -0.2) is 21.4 Å². The van der Waals surface area contributed by atoms with Gasteiger partial charge in [0, 0.05) is 6.54 Å². The number of nitro groups is 1. The minimum Gasteiger partial charge on any atom is -0.503 e. The van der Waals surface area contributed by atoms with Gasteiger partial charge in [-0.3, -0.25) is 10.1 Å². The highest BCUT2D eigenvalue weighted by molar-refractivity contribution is 5.55. The number of hydrogen-bond acceptors (Lipinski definition) is 6. The van der Waals surface area contributed by atoms with E-state index in [1.807, 2.05) is 0 Å². The molecule has 1 heterocycles. The Balaban J connectivity index is 3.35. The van der Waals surface area contributed by atoms with Crippen molar-refractivity contribution < 1.29 is 27.9 Å². The second-order valence-corrected chi connectivity index (χ2v) is 2.78. The smallest absolute Gasteiger partial charge is 0.503 e. The van der Waals surface area contributed by atoms with Gasteiger partial charge in [0.15, 0.2) is 5.75 Å². The van der Waals surface area contributed by atoms with Crippen LogP contribution in [-0.2, 0) is 6.54 Å². The molecule has 0 atom stereocenters. The van der Waals surface area contributed by atoms with Crippen LogP contribution in [0.5, 0.6) is 11.5 Å². The molecule has 7 nitrogen and oxygen atoms in total. The zero-order valence-corrected chi connectivity index (χ0v) is 8.06. The first-order valence-corrected chi connectivity index (χ1v) is 4.07.